The summed E-state index contributed by atoms with van der Waals surface area (Å²) in [5.74, 6) is 1.27. The Morgan fingerprint density at radius 3 is 2.89 bits per heavy atom. The molecule has 1 saturated carbocycles. The van der Waals surface area contributed by atoms with Crippen LogP contribution < -0.4 is 11.1 Å². The molecule has 98 valence electrons. The minimum atomic E-state index is 0.380. The molecule has 3 N–H and O–H groups in total. The highest BCUT2D eigenvalue weighted by atomic mass is 32.2. The van der Waals surface area contributed by atoms with Crippen LogP contribution in [0.5, 0.6) is 0 Å². The number of nitrogens with two attached hydrogens (primary N) is 1. The summed E-state index contributed by atoms with van der Waals surface area (Å²) in [6.45, 7) is 1.86. The Labute approximate surface area is 114 Å². The Bertz CT molecular complexity index is 421. The van der Waals surface area contributed by atoms with Gasteiger partial charge < -0.3 is 11.1 Å². The van der Waals surface area contributed by atoms with Crippen LogP contribution in [0.2, 0.25) is 0 Å². The van der Waals surface area contributed by atoms with Gasteiger partial charge in [-0.05, 0) is 67.2 Å². The summed E-state index contributed by atoms with van der Waals surface area (Å²) in [6.07, 6.45) is 6.47. The van der Waals surface area contributed by atoms with E-state index in [1.54, 1.807) is 0 Å². The second-order valence-corrected chi connectivity index (χ2v) is 6.82. The van der Waals surface area contributed by atoms with Gasteiger partial charge in [-0.2, -0.15) is 0 Å². The molecule has 0 spiro atoms. The molecule has 0 amide bonds. The highest BCUT2D eigenvalue weighted by Gasteiger charge is 2.35. The molecular formula is C15H22N2S. The summed E-state index contributed by atoms with van der Waals surface area (Å²) in [5, 5.41) is 3.60. The third-order valence-corrected chi connectivity index (χ3v) is 5.63. The summed E-state index contributed by atoms with van der Waals surface area (Å²) < 4.78 is 0. The number of thioether (sulfide) groups is 1. The second-order valence-electron chi connectivity index (χ2n) is 5.69. The van der Waals surface area contributed by atoms with Crippen LogP contribution in [0.15, 0.2) is 23.1 Å². The molecule has 1 aromatic rings. The highest BCUT2D eigenvalue weighted by molar-refractivity contribution is 7.99. The van der Waals surface area contributed by atoms with E-state index in [1.165, 1.54) is 54.0 Å². The highest BCUT2D eigenvalue weighted by Crippen LogP contribution is 2.40. The molecule has 0 atom stereocenters. The minimum absolute atomic E-state index is 0.380. The van der Waals surface area contributed by atoms with E-state index in [2.05, 4.69) is 23.5 Å². The van der Waals surface area contributed by atoms with E-state index >= 15 is 0 Å². The van der Waals surface area contributed by atoms with Gasteiger partial charge in [-0.3, -0.25) is 0 Å². The van der Waals surface area contributed by atoms with E-state index in [4.69, 9.17) is 5.73 Å². The molecule has 18 heavy (non-hydrogen) atoms. The lowest BCUT2D eigenvalue weighted by molar-refractivity contribution is 0.163. The van der Waals surface area contributed by atoms with Crippen LogP contribution in [0.1, 0.15) is 31.2 Å². The van der Waals surface area contributed by atoms with E-state index < -0.39 is 0 Å². The number of nitrogens with one attached hydrogen (secondary N) is 1. The lowest BCUT2D eigenvalue weighted by atomic mass is 9.69. The molecule has 1 aromatic carbocycles. The maximum absolute atomic E-state index is 5.90. The number of aryl methyl sites for hydroxylation is 1. The Morgan fingerprint density at radius 2 is 2.17 bits per heavy atom. The fraction of sp³-hybridized carbons (Fsp3) is 0.600. The fourth-order valence-corrected chi connectivity index (χ4v) is 3.91. The van der Waals surface area contributed by atoms with E-state index in [0.29, 0.717) is 5.41 Å². The first-order valence-corrected chi connectivity index (χ1v) is 8.00. The van der Waals surface area contributed by atoms with Gasteiger partial charge in [-0.15, -0.1) is 11.8 Å². The molecule has 1 heterocycles. The zero-order valence-corrected chi connectivity index (χ0v) is 11.7. The molecule has 0 aromatic heterocycles. The Kier molecular flexibility index (Phi) is 3.53. The average Bonchev–Trinajstić information content (AvgIpc) is 2.38. The van der Waals surface area contributed by atoms with Gasteiger partial charge in [0.05, 0.1) is 0 Å². The van der Waals surface area contributed by atoms with Crippen molar-refractivity contribution in [3.8, 4) is 0 Å². The maximum Gasteiger partial charge on any atom is 0.0343 e. The monoisotopic (exact) mass is 262 g/mol. The minimum Gasteiger partial charge on any atom is -0.384 e. The van der Waals surface area contributed by atoms with E-state index in [9.17, 15) is 0 Å². The predicted molar refractivity (Wildman–Crippen MR) is 79.3 cm³/mol. The molecule has 2 nitrogen and oxygen atoms in total. The van der Waals surface area contributed by atoms with Gasteiger partial charge in [-0.25, -0.2) is 0 Å². The van der Waals surface area contributed by atoms with Gasteiger partial charge >= 0.3 is 0 Å². The topological polar surface area (TPSA) is 38.0 Å². The summed E-state index contributed by atoms with van der Waals surface area (Å²) in [5.41, 5.74) is 9.07. The molecule has 1 aliphatic carbocycles. The normalized spacial score (nSPS) is 20.9. The lowest BCUT2D eigenvalue weighted by Gasteiger charge is -2.41. The van der Waals surface area contributed by atoms with Gasteiger partial charge in [-0.1, -0.05) is 6.42 Å². The van der Waals surface area contributed by atoms with Gasteiger partial charge in [0.1, 0.15) is 0 Å². The van der Waals surface area contributed by atoms with Crippen molar-refractivity contribution in [1.29, 1.82) is 0 Å². The number of benzene rings is 1. The van der Waals surface area contributed by atoms with Crippen molar-refractivity contribution in [3.05, 3.63) is 23.8 Å². The number of hydrogen-bond acceptors (Lipinski definition) is 3. The first-order valence-electron chi connectivity index (χ1n) is 7.01. The van der Waals surface area contributed by atoms with E-state index in [0.717, 1.165) is 13.1 Å². The van der Waals surface area contributed by atoms with Crippen LogP contribution in [0, 0.1) is 5.41 Å². The molecule has 1 fully saturated rings. The van der Waals surface area contributed by atoms with Crippen molar-refractivity contribution in [2.24, 2.45) is 11.1 Å². The molecule has 0 radical (unpaired) electrons. The maximum atomic E-state index is 5.90. The van der Waals surface area contributed by atoms with Crippen molar-refractivity contribution < 1.29 is 0 Å². The first kappa shape index (κ1) is 12.4. The molecule has 2 aliphatic rings. The Balaban J connectivity index is 1.66. The third kappa shape index (κ3) is 2.39. The summed E-state index contributed by atoms with van der Waals surface area (Å²) >= 11 is 1.99. The van der Waals surface area contributed by atoms with Crippen LogP contribution in [0.25, 0.3) is 0 Å². The fourth-order valence-electron chi connectivity index (χ4n) is 2.89. The van der Waals surface area contributed by atoms with Gasteiger partial charge in [0, 0.05) is 17.1 Å². The first-order chi connectivity index (χ1) is 8.81. The SMILES string of the molecule is NCC1(CNc2ccc3c(c2)CCCS3)CCC1. The summed E-state index contributed by atoms with van der Waals surface area (Å²) in [4.78, 5) is 1.48. The Morgan fingerprint density at radius 1 is 1.28 bits per heavy atom. The van der Waals surface area contributed by atoms with Crippen molar-refractivity contribution >= 4 is 17.4 Å². The van der Waals surface area contributed by atoms with Crippen LogP contribution in [0.3, 0.4) is 0 Å². The van der Waals surface area contributed by atoms with Crippen molar-refractivity contribution in [3.63, 3.8) is 0 Å². The predicted octanol–water partition coefficient (Wildman–Crippen LogP) is 3.27. The van der Waals surface area contributed by atoms with Gasteiger partial charge in [0.2, 0.25) is 0 Å². The third-order valence-electron chi connectivity index (χ3n) is 4.42. The molecule has 0 saturated heterocycles. The molecule has 1 aliphatic heterocycles. The Hall–Kier alpha value is -0.670. The second kappa shape index (κ2) is 5.14. The lowest BCUT2D eigenvalue weighted by Crippen LogP contribution is -2.42. The zero-order chi connectivity index (χ0) is 12.4. The van der Waals surface area contributed by atoms with Crippen molar-refractivity contribution in [2.45, 2.75) is 37.0 Å². The molecule has 3 heteroatoms. The molecule has 3 rings (SSSR count). The average molecular weight is 262 g/mol. The summed E-state index contributed by atoms with van der Waals surface area (Å²) in [6, 6.07) is 6.84. The smallest absolute Gasteiger partial charge is 0.0343 e. The quantitative estimate of drug-likeness (QED) is 0.874. The van der Waals surface area contributed by atoms with Gasteiger partial charge in [0.25, 0.3) is 0 Å². The van der Waals surface area contributed by atoms with Gasteiger partial charge in [0.15, 0.2) is 0 Å². The van der Waals surface area contributed by atoms with Crippen molar-refractivity contribution in [1.82, 2.24) is 0 Å². The summed E-state index contributed by atoms with van der Waals surface area (Å²) in [7, 11) is 0. The zero-order valence-electron chi connectivity index (χ0n) is 10.9. The van der Waals surface area contributed by atoms with E-state index in [1.807, 2.05) is 11.8 Å². The van der Waals surface area contributed by atoms with Crippen molar-refractivity contribution in [2.75, 3.05) is 24.2 Å². The van der Waals surface area contributed by atoms with Crippen LogP contribution in [0.4, 0.5) is 5.69 Å². The standard InChI is InChI=1S/C15H22N2S/c16-10-15(6-2-7-15)11-17-13-4-5-14-12(9-13)3-1-8-18-14/h4-5,9,17H,1-3,6-8,10-11,16H2. The van der Waals surface area contributed by atoms with Crippen LogP contribution >= 0.6 is 11.8 Å². The van der Waals surface area contributed by atoms with E-state index in [-0.39, 0.29) is 0 Å². The number of anilines is 1. The molecule has 0 bridgehead atoms. The largest absolute Gasteiger partial charge is 0.384 e. The molecular weight excluding hydrogens is 240 g/mol. The van der Waals surface area contributed by atoms with Crippen LogP contribution in [-0.4, -0.2) is 18.8 Å². The number of fused-ring (bicyclic) bond motifs is 1. The number of rotatable bonds is 4. The number of hydrogen-bond donors (Lipinski definition) is 2. The van der Waals surface area contributed by atoms with Crippen LogP contribution in [-0.2, 0) is 6.42 Å². The molecule has 0 unspecified atom stereocenters.